The van der Waals surface area contributed by atoms with Crippen LogP contribution in [0.25, 0.3) is 0 Å². The molecule has 0 aromatic heterocycles. The Morgan fingerprint density at radius 3 is 2.43 bits per heavy atom. The first-order valence-electron chi connectivity index (χ1n) is 9.86. The number of hydrogen-bond acceptors (Lipinski definition) is 6. The maximum Gasteiger partial charge on any atom is 0.337 e. The molecule has 1 heterocycles. The van der Waals surface area contributed by atoms with E-state index in [1.165, 1.54) is 7.11 Å². The van der Waals surface area contributed by atoms with Crippen molar-refractivity contribution in [1.29, 1.82) is 0 Å². The van der Waals surface area contributed by atoms with Crippen LogP contribution in [0.5, 0.6) is 11.5 Å². The van der Waals surface area contributed by atoms with E-state index >= 15 is 0 Å². The summed E-state index contributed by atoms with van der Waals surface area (Å²) in [5.41, 5.74) is 1.86. The first-order chi connectivity index (χ1) is 14.5. The van der Waals surface area contributed by atoms with Crippen molar-refractivity contribution in [3.8, 4) is 11.5 Å². The molecule has 0 saturated carbocycles. The predicted molar refractivity (Wildman–Crippen MR) is 113 cm³/mol. The smallest absolute Gasteiger partial charge is 0.337 e. The normalized spacial score (nSPS) is 19.1. The van der Waals surface area contributed by atoms with E-state index in [2.05, 4.69) is 17.3 Å². The van der Waals surface area contributed by atoms with Gasteiger partial charge in [-0.05, 0) is 55.9 Å². The molecule has 3 rings (SSSR count). The van der Waals surface area contributed by atoms with Crippen molar-refractivity contribution in [3.63, 3.8) is 0 Å². The Balaban J connectivity index is 1.83. The molecule has 0 aliphatic carbocycles. The maximum absolute atomic E-state index is 12.9. The maximum atomic E-state index is 12.9. The number of likely N-dealkylation sites (tertiary alicyclic amines) is 1. The molecule has 1 aliphatic heterocycles. The Hall–Kier alpha value is -3.06. The summed E-state index contributed by atoms with van der Waals surface area (Å²) in [5.74, 6) is 0.758. The van der Waals surface area contributed by atoms with Crippen LogP contribution >= 0.6 is 0 Å². The second-order valence-electron chi connectivity index (χ2n) is 7.42. The van der Waals surface area contributed by atoms with Crippen LogP contribution in [0, 0.1) is 0 Å². The van der Waals surface area contributed by atoms with Crippen molar-refractivity contribution in [3.05, 3.63) is 59.2 Å². The van der Waals surface area contributed by atoms with Crippen LogP contribution in [0.2, 0.25) is 0 Å². The monoisotopic (exact) mass is 412 g/mol. The lowest BCUT2D eigenvalue weighted by molar-refractivity contribution is 0.0600. The van der Waals surface area contributed by atoms with Gasteiger partial charge in [0.15, 0.2) is 11.5 Å². The molecule has 0 radical (unpaired) electrons. The average Bonchev–Trinajstić information content (AvgIpc) is 2.79. The number of hydrogen-bond donors (Lipinski definition) is 1. The van der Waals surface area contributed by atoms with Crippen molar-refractivity contribution < 1.29 is 23.8 Å². The topological polar surface area (TPSA) is 77.1 Å². The van der Waals surface area contributed by atoms with Crippen molar-refractivity contribution in [2.45, 2.75) is 18.4 Å². The predicted octanol–water partition coefficient (Wildman–Crippen LogP) is 2.71. The van der Waals surface area contributed by atoms with Gasteiger partial charge in [-0.3, -0.25) is 4.79 Å². The molecule has 7 nitrogen and oxygen atoms in total. The molecule has 2 aromatic carbocycles. The van der Waals surface area contributed by atoms with Crippen molar-refractivity contribution >= 4 is 11.9 Å². The molecule has 7 heteroatoms. The quantitative estimate of drug-likeness (QED) is 0.735. The SMILES string of the molecule is COC(=O)c1cccc(C(=O)N[C@H]2CCN(C)C[C@H]2c2ccc(OC)c(OC)c2)c1. The first kappa shape index (κ1) is 21.6. The molecule has 1 amide bonds. The lowest BCUT2D eigenvalue weighted by atomic mass is 9.85. The van der Waals surface area contributed by atoms with Crippen molar-refractivity contribution in [2.75, 3.05) is 41.5 Å². The van der Waals surface area contributed by atoms with Gasteiger partial charge in [0.25, 0.3) is 5.91 Å². The molecule has 1 aliphatic rings. The second kappa shape index (κ2) is 9.63. The van der Waals surface area contributed by atoms with Gasteiger partial charge in [0, 0.05) is 24.1 Å². The Labute approximate surface area is 176 Å². The van der Waals surface area contributed by atoms with Crippen LogP contribution in [0.15, 0.2) is 42.5 Å². The van der Waals surface area contributed by atoms with E-state index in [-0.39, 0.29) is 17.9 Å². The van der Waals surface area contributed by atoms with E-state index in [1.54, 1.807) is 38.5 Å². The number of esters is 1. The third kappa shape index (κ3) is 4.74. The molecule has 2 atom stereocenters. The minimum atomic E-state index is -0.466. The zero-order valence-electron chi connectivity index (χ0n) is 17.8. The van der Waals surface area contributed by atoms with Crippen molar-refractivity contribution in [2.24, 2.45) is 0 Å². The van der Waals surface area contributed by atoms with Crippen LogP contribution in [0.4, 0.5) is 0 Å². The number of piperidine rings is 1. The highest BCUT2D eigenvalue weighted by Crippen LogP contribution is 2.34. The van der Waals surface area contributed by atoms with Gasteiger partial charge in [-0.2, -0.15) is 0 Å². The summed E-state index contributed by atoms with van der Waals surface area (Å²) in [4.78, 5) is 27.0. The second-order valence-corrected chi connectivity index (χ2v) is 7.42. The number of rotatable bonds is 6. The van der Waals surface area contributed by atoms with E-state index in [1.807, 2.05) is 18.2 Å². The molecule has 2 aromatic rings. The Kier molecular flexibility index (Phi) is 6.95. The molecule has 1 N–H and O–H groups in total. The fraction of sp³-hybridized carbons (Fsp3) is 0.391. The molecule has 30 heavy (non-hydrogen) atoms. The molecular weight excluding hydrogens is 384 g/mol. The fourth-order valence-corrected chi connectivity index (χ4v) is 3.87. The van der Waals surface area contributed by atoms with Gasteiger partial charge >= 0.3 is 5.97 Å². The van der Waals surface area contributed by atoms with Crippen molar-refractivity contribution in [1.82, 2.24) is 10.2 Å². The number of likely N-dealkylation sites (N-methyl/N-ethyl adjacent to an activating group) is 1. The minimum Gasteiger partial charge on any atom is -0.493 e. The van der Waals surface area contributed by atoms with Gasteiger partial charge in [0.2, 0.25) is 0 Å². The van der Waals surface area contributed by atoms with E-state index in [0.717, 1.165) is 25.1 Å². The van der Waals surface area contributed by atoms with E-state index in [9.17, 15) is 9.59 Å². The molecule has 160 valence electrons. The molecule has 0 spiro atoms. The lowest BCUT2D eigenvalue weighted by Crippen LogP contribution is -2.48. The number of nitrogens with one attached hydrogen (secondary N) is 1. The van der Waals surface area contributed by atoms with Gasteiger partial charge in [0.1, 0.15) is 0 Å². The highest BCUT2D eigenvalue weighted by Gasteiger charge is 2.31. The largest absolute Gasteiger partial charge is 0.493 e. The Bertz CT molecular complexity index is 914. The van der Waals surface area contributed by atoms with Crippen LogP contribution in [0.1, 0.15) is 38.6 Å². The van der Waals surface area contributed by atoms with Gasteiger partial charge < -0.3 is 24.4 Å². The fourth-order valence-electron chi connectivity index (χ4n) is 3.87. The van der Waals surface area contributed by atoms with E-state index in [0.29, 0.717) is 22.6 Å². The summed E-state index contributed by atoms with van der Waals surface area (Å²) < 4.78 is 15.6. The number of benzene rings is 2. The van der Waals surface area contributed by atoms with E-state index < -0.39 is 5.97 Å². The van der Waals surface area contributed by atoms with E-state index in [4.69, 9.17) is 14.2 Å². The molecular formula is C23H28N2O5. The lowest BCUT2D eigenvalue weighted by Gasteiger charge is -2.37. The number of nitrogens with zero attached hydrogens (tertiary/aromatic N) is 1. The number of methoxy groups -OCH3 is 3. The average molecular weight is 412 g/mol. The zero-order chi connectivity index (χ0) is 21.7. The Morgan fingerprint density at radius 2 is 1.73 bits per heavy atom. The standard InChI is InChI=1S/C23H28N2O5/c1-25-11-10-19(18(14-25)15-8-9-20(28-2)21(13-15)29-3)24-22(26)16-6-5-7-17(12-16)23(27)30-4/h5-9,12-13,18-19H,10-11,14H2,1-4H3,(H,24,26)/t18-,19-/m0/s1. The number of carbonyl (C=O) groups is 2. The highest BCUT2D eigenvalue weighted by molar-refractivity contribution is 5.98. The van der Waals surface area contributed by atoms with Crippen LogP contribution in [-0.4, -0.2) is 64.3 Å². The van der Waals surface area contributed by atoms with Crippen LogP contribution in [0.3, 0.4) is 0 Å². The summed E-state index contributed by atoms with van der Waals surface area (Å²) >= 11 is 0. The number of ether oxygens (including phenoxy) is 3. The minimum absolute atomic E-state index is 0.0476. The van der Waals surface area contributed by atoms with Crippen LogP contribution in [-0.2, 0) is 4.74 Å². The third-order valence-corrected chi connectivity index (χ3v) is 5.51. The summed E-state index contributed by atoms with van der Waals surface area (Å²) in [6.07, 6.45) is 0.817. The molecule has 0 bridgehead atoms. The van der Waals surface area contributed by atoms with Gasteiger partial charge in [-0.25, -0.2) is 4.79 Å². The molecule has 1 fully saturated rings. The summed E-state index contributed by atoms with van der Waals surface area (Å²) in [6.45, 7) is 1.69. The van der Waals surface area contributed by atoms with Gasteiger partial charge in [-0.15, -0.1) is 0 Å². The highest BCUT2D eigenvalue weighted by atomic mass is 16.5. The molecule has 1 saturated heterocycles. The molecule has 0 unspecified atom stereocenters. The summed E-state index contributed by atoms with van der Waals surface area (Å²) in [6, 6.07) is 12.4. The Morgan fingerprint density at radius 1 is 1.00 bits per heavy atom. The summed E-state index contributed by atoms with van der Waals surface area (Å²) in [7, 11) is 6.62. The van der Waals surface area contributed by atoms with Gasteiger partial charge in [-0.1, -0.05) is 12.1 Å². The zero-order valence-corrected chi connectivity index (χ0v) is 17.8. The van der Waals surface area contributed by atoms with Gasteiger partial charge in [0.05, 0.1) is 26.9 Å². The van der Waals surface area contributed by atoms with Crippen LogP contribution < -0.4 is 14.8 Å². The first-order valence-corrected chi connectivity index (χ1v) is 9.86. The third-order valence-electron chi connectivity index (χ3n) is 5.51. The number of amides is 1. The number of carbonyl (C=O) groups excluding carboxylic acids is 2. The summed E-state index contributed by atoms with van der Waals surface area (Å²) in [5, 5.41) is 3.16.